The highest BCUT2D eigenvalue weighted by atomic mass is 32.1. The van der Waals surface area contributed by atoms with Gasteiger partial charge in [-0.15, -0.1) is 0 Å². The Morgan fingerprint density at radius 2 is 2.18 bits per heavy atom. The van der Waals surface area contributed by atoms with Crippen molar-refractivity contribution in [3.63, 3.8) is 0 Å². The highest BCUT2D eigenvalue weighted by Crippen LogP contribution is 2.32. The summed E-state index contributed by atoms with van der Waals surface area (Å²) < 4.78 is 40.1. The summed E-state index contributed by atoms with van der Waals surface area (Å²) in [4.78, 5) is 22.9. The Hall–Kier alpha value is -3.12. The number of amidine groups is 1. The predicted molar refractivity (Wildman–Crippen MR) is 126 cm³/mol. The Bertz CT molecular complexity index is 1090. The van der Waals surface area contributed by atoms with Gasteiger partial charge in [0.05, 0.1) is 11.8 Å². The third kappa shape index (κ3) is 6.26. The third-order valence-electron chi connectivity index (χ3n) is 5.25. The summed E-state index contributed by atoms with van der Waals surface area (Å²) in [6.07, 6.45) is -0.525. The number of carbonyl (C=O) groups is 1. The molecular formula is C22H27F3N6O2S. The largest absolute Gasteiger partial charge is 0.403 e. The molecule has 2 heterocycles. The number of amides is 1. The van der Waals surface area contributed by atoms with Crippen LogP contribution in [-0.2, 0) is 0 Å². The first-order chi connectivity index (χ1) is 16.2. The van der Waals surface area contributed by atoms with Gasteiger partial charge in [0.15, 0.2) is 5.69 Å². The zero-order chi connectivity index (χ0) is 24.8. The first kappa shape index (κ1) is 25.5. The third-order valence-corrected chi connectivity index (χ3v) is 6.17. The summed E-state index contributed by atoms with van der Waals surface area (Å²) in [5.41, 5.74) is 12.6. The smallest absolute Gasteiger partial charge is 0.277 e. The van der Waals surface area contributed by atoms with Crippen LogP contribution in [0.5, 0.6) is 0 Å². The van der Waals surface area contributed by atoms with Gasteiger partial charge in [-0.3, -0.25) is 9.79 Å². The molecule has 8 nitrogen and oxygen atoms in total. The van der Waals surface area contributed by atoms with Crippen molar-refractivity contribution in [2.45, 2.75) is 38.7 Å². The van der Waals surface area contributed by atoms with Crippen LogP contribution in [0.3, 0.4) is 0 Å². The number of likely N-dealkylation sites (tertiary alicyclic amines) is 1. The van der Waals surface area contributed by atoms with Crippen LogP contribution in [0.15, 0.2) is 35.1 Å². The van der Waals surface area contributed by atoms with Crippen molar-refractivity contribution in [2.75, 3.05) is 25.4 Å². The summed E-state index contributed by atoms with van der Waals surface area (Å²) >= 11 is 0.954. The number of rotatable bonds is 6. The molecule has 1 fully saturated rings. The van der Waals surface area contributed by atoms with E-state index in [1.54, 1.807) is 24.0 Å². The Labute approximate surface area is 199 Å². The monoisotopic (exact) mass is 496 g/mol. The molecule has 0 saturated carbocycles. The maximum Gasteiger partial charge on any atom is 0.277 e. The molecule has 1 aliphatic rings. The normalized spacial score (nSPS) is 17.7. The van der Waals surface area contributed by atoms with Gasteiger partial charge in [-0.2, -0.15) is 0 Å². The van der Waals surface area contributed by atoms with E-state index in [1.807, 2.05) is 0 Å². The SMILES string of the molecule is Cc1ccc(F)c(-c2nc(C(=O)N/C(=C/N)C(=NCC(F)F)N3CCC[C@H](O)CC3)c(N)s2)c1. The predicted octanol–water partition coefficient (Wildman–Crippen LogP) is 2.88. The van der Waals surface area contributed by atoms with Gasteiger partial charge in [0.2, 0.25) is 0 Å². The summed E-state index contributed by atoms with van der Waals surface area (Å²) in [7, 11) is 0. The fourth-order valence-electron chi connectivity index (χ4n) is 3.57. The van der Waals surface area contributed by atoms with E-state index < -0.39 is 30.8 Å². The number of hydrogen-bond acceptors (Lipinski definition) is 7. The van der Waals surface area contributed by atoms with Crippen molar-refractivity contribution in [3.05, 3.63) is 47.2 Å². The minimum atomic E-state index is -2.69. The maximum atomic E-state index is 14.3. The number of carbonyl (C=O) groups excluding carboxylic acids is 1. The molecule has 0 aliphatic carbocycles. The standard InChI is InChI=1S/C22H27F3N6O2S/c1-12-4-5-15(23)14(9-12)22-30-18(19(27)34-22)21(33)29-16(10-26)20(28-11-17(24)25)31-7-2-3-13(32)6-8-31/h4-5,9-10,13,17,32H,2-3,6-8,11,26-27H2,1H3,(H,29,33)/b16-10+,28-20?/t13-/m0/s1. The van der Waals surface area contributed by atoms with Gasteiger partial charge in [-0.1, -0.05) is 23.0 Å². The van der Waals surface area contributed by atoms with Crippen LogP contribution < -0.4 is 16.8 Å². The molecule has 1 amide bonds. The number of aliphatic hydroxyl groups excluding tert-OH is 1. The van der Waals surface area contributed by atoms with Crippen molar-refractivity contribution >= 4 is 28.1 Å². The molecule has 1 aliphatic heterocycles. The van der Waals surface area contributed by atoms with E-state index in [0.717, 1.165) is 23.1 Å². The van der Waals surface area contributed by atoms with E-state index in [4.69, 9.17) is 11.5 Å². The van der Waals surface area contributed by atoms with Crippen molar-refractivity contribution in [1.82, 2.24) is 15.2 Å². The quantitative estimate of drug-likeness (QED) is 0.360. The molecule has 6 N–H and O–H groups in total. The van der Waals surface area contributed by atoms with Gasteiger partial charge in [0, 0.05) is 24.9 Å². The average molecular weight is 497 g/mol. The van der Waals surface area contributed by atoms with Crippen molar-refractivity contribution in [3.8, 4) is 10.6 Å². The zero-order valence-electron chi connectivity index (χ0n) is 18.6. The molecule has 0 unspecified atom stereocenters. The Kier molecular flexibility index (Phi) is 8.51. The average Bonchev–Trinajstić information content (AvgIpc) is 3.05. The van der Waals surface area contributed by atoms with E-state index >= 15 is 0 Å². The Balaban J connectivity index is 1.86. The molecule has 34 heavy (non-hydrogen) atoms. The molecule has 1 aromatic heterocycles. The number of thiazole rings is 1. The lowest BCUT2D eigenvalue weighted by atomic mass is 10.1. The van der Waals surface area contributed by atoms with Gasteiger partial charge in [-0.25, -0.2) is 18.2 Å². The Morgan fingerprint density at radius 1 is 1.41 bits per heavy atom. The fraction of sp³-hybridized carbons (Fsp3) is 0.409. The number of nitrogen functional groups attached to an aromatic ring is 1. The van der Waals surface area contributed by atoms with Crippen LogP contribution in [0.4, 0.5) is 18.2 Å². The number of hydrogen-bond donors (Lipinski definition) is 4. The summed E-state index contributed by atoms with van der Waals surface area (Å²) in [5.74, 6) is -1.15. The van der Waals surface area contributed by atoms with Crippen molar-refractivity contribution in [2.24, 2.45) is 10.7 Å². The number of halogens is 3. The van der Waals surface area contributed by atoms with E-state index in [1.165, 1.54) is 6.07 Å². The maximum absolute atomic E-state index is 14.3. The van der Waals surface area contributed by atoms with E-state index in [2.05, 4.69) is 15.3 Å². The molecule has 1 aromatic carbocycles. The molecule has 1 saturated heterocycles. The number of alkyl halides is 2. The van der Waals surface area contributed by atoms with Crippen LogP contribution in [0.25, 0.3) is 10.6 Å². The number of aryl methyl sites for hydroxylation is 1. The van der Waals surface area contributed by atoms with E-state index in [9.17, 15) is 23.1 Å². The number of aliphatic imine (C=N–C) groups is 1. The lowest BCUT2D eigenvalue weighted by molar-refractivity contribution is 0.0963. The lowest BCUT2D eigenvalue weighted by Gasteiger charge is -2.26. The number of aliphatic hydroxyl groups is 1. The van der Waals surface area contributed by atoms with Gasteiger partial charge in [0.1, 0.15) is 28.2 Å². The number of aromatic nitrogens is 1. The van der Waals surface area contributed by atoms with E-state index in [0.29, 0.717) is 32.4 Å². The zero-order valence-corrected chi connectivity index (χ0v) is 19.4. The topological polar surface area (TPSA) is 130 Å². The summed E-state index contributed by atoms with van der Waals surface area (Å²) in [6.45, 7) is 1.82. The van der Waals surface area contributed by atoms with Crippen molar-refractivity contribution in [1.29, 1.82) is 0 Å². The fourth-order valence-corrected chi connectivity index (χ4v) is 4.41. The minimum Gasteiger partial charge on any atom is -0.403 e. The summed E-state index contributed by atoms with van der Waals surface area (Å²) in [5, 5.41) is 12.8. The van der Waals surface area contributed by atoms with Crippen LogP contribution in [0, 0.1) is 12.7 Å². The van der Waals surface area contributed by atoms with Crippen LogP contribution in [0.2, 0.25) is 0 Å². The lowest BCUT2D eigenvalue weighted by Crippen LogP contribution is -2.40. The van der Waals surface area contributed by atoms with Crippen LogP contribution in [0.1, 0.15) is 35.3 Å². The molecule has 0 bridgehead atoms. The number of nitrogens with one attached hydrogen (secondary N) is 1. The van der Waals surface area contributed by atoms with Gasteiger partial charge in [-0.05, 0) is 38.3 Å². The van der Waals surface area contributed by atoms with E-state index in [-0.39, 0.29) is 32.8 Å². The molecule has 1 atom stereocenters. The molecule has 184 valence electrons. The van der Waals surface area contributed by atoms with Crippen molar-refractivity contribution < 1.29 is 23.1 Å². The van der Waals surface area contributed by atoms with Gasteiger partial charge < -0.3 is 26.8 Å². The molecule has 0 spiro atoms. The summed E-state index contributed by atoms with van der Waals surface area (Å²) in [6, 6.07) is 4.52. The first-order valence-electron chi connectivity index (χ1n) is 10.7. The van der Waals surface area contributed by atoms with Gasteiger partial charge in [0.25, 0.3) is 12.3 Å². The highest BCUT2D eigenvalue weighted by molar-refractivity contribution is 7.19. The van der Waals surface area contributed by atoms with Crippen LogP contribution in [-0.4, -0.2) is 58.9 Å². The Morgan fingerprint density at radius 3 is 2.88 bits per heavy atom. The second kappa shape index (κ2) is 11.3. The molecule has 3 rings (SSSR count). The second-order valence-corrected chi connectivity index (χ2v) is 8.91. The van der Waals surface area contributed by atoms with Crippen LogP contribution >= 0.6 is 11.3 Å². The number of nitrogens with two attached hydrogens (primary N) is 2. The second-order valence-electron chi connectivity index (χ2n) is 7.88. The molecule has 2 aromatic rings. The molecule has 12 heteroatoms. The van der Waals surface area contributed by atoms with Gasteiger partial charge >= 0.3 is 0 Å². The molecule has 0 radical (unpaired) electrons. The highest BCUT2D eigenvalue weighted by Gasteiger charge is 2.25. The first-order valence-corrected chi connectivity index (χ1v) is 11.5. The molecular weight excluding hydrogens is 469 g/mol. The number of nitrogens with zero attached hydrogens (tertiary/aromatic N) is 3. The minimum absolute atomic E-state index is 0.0118. The number of benzene rings is 1. The number of anilines is 1.